The van der Waals surface area contributed by atoms with Gasteiger partial charge in [-0.05, 0) is 6.92 Å². The van der Waals surface area contributed by atoms with Gasteiger partial charge in [-0.15, -0.1) is 0 Å². The van der Waals surface area contributed by atoms with Gasteiger partial charge in [0.25, 0.3) is 10.1 Å². The Morgan fingerprint density at radius 1 is 1.28 bits per heavy atom. The van der Waals surface area contributed by atoms with E-state index in [9.17, 15) is 21.6 Å². The molecular formula is C8H15NO7S2. The summed E-state index contributed by atoms with van der Waals surface area (Å²) < 4.78 is 53.4. The van der Waals surface area contributed by atoms with E-state index >= 15 is 0 Å². The van der Waals surface area contributed by atoms with Gasteiger partial charge in [-0.25, -0.2) is 13.2 Å². The van der Waals surface area contributed by atoms with Crippen molar-refractivity contribution in [2.45, 2.75) is 6.92 Å². The molecule has 0 spiro atoms. The average molecular weight is 301 g/mol. The first-order valence-electron chi connectivity index (χ1n) is 4.64. The van der Waals surface area contributed by atoms with Crippen molar-refractivity contribution < 1.29 is 30.7 Å². The van der Waals surface area contributed by atoms with Crippen LogP contribution in [0.5, 0.6) is 0 Å². The lowest BCUT2D eigenvalue weighted by Gasteiger charge is -2.14. The molecule has 10 heteroatoms. The van der Waals surface area contributed by atoms with Crippen LogP contribution in [-0.4, -0.2) is 52.9 Å². The van der Waals surface area contributed by atoms with Crippen LogP contribution >= 0.6 is 0 Å². The number of rotatable bonds is 7. The molecule has 18 heavy (non-hydrogen) atoms. The van der Waals surface area contributed by atoms with Crippen LogP contribution in [0.4, 0.5) is 0 Å². The van der Waals surface area contributed by atoms with Gasteiger partial charge in [-0.2, -0.15) is 12.7 Å². The van der Waals surface area contributed by atoms with Crippen LogP contribution < -0.4 is 0 Å². The molecule has 0 unspecified atom stereocenters. The Kier molecular flexibility index (Phi) is 5.93. The van der Waals surface area contributed by atoms with Gasteiger partial charge in [-0.1, -0.05) is 11.0 Å². The Balaban J connectivity index is 4.41. The topological polar surface area (TPSA) is 107 Å². The second-order valence-electron chi connectivity index (χ2n) is 3.42. The molecule has 0 N–H and O–H groups in total. The summed E-state index contributed by atoms with van der Waals surface area (Å²) in [7, 11) is -7.00. The summed E-state index contributed by atoms with van der Waals surface area (Å²) in [6.45, 7) is 4.30. The Morgan fingerprint density at radius 2 is 1.78 bits per heavy atom. The fourth-order valence-corrected chi connectivity index (χ4v) is 2.36. The lowest BCUT2D eigenvalue weighted by Crippen LogP contribution is -2.33. The lowest BCUT2D eigenvalue weighted by atomic mass is 10.4. The highest BCUT2D eigenvalue weighted by molar-refractivity contribution is 7.90. The standard InChI is InChI=1S/C8H15NO7S2/c1-7(2)8(10)15-5-6-18(13,14)9(3)16-17(4,11)12/h1,5-6H2,2-4H3. The molecule has 0 rings (SSSR count). The Morgan fingerprint density at radius 3 is 2.17 bits per heavy atom. The van der Waals surface area contributed by atoms with Crippen LogP contribution in [0.25, 0.3) is 0 Å². The number of hydroxylamine groups is 1. The van der Waals surface area contributed by atoms with Gasteiger partial charge >= 0.3 is 5.97 Å². The van der Waals surface area contributed by atoms with Crippen molar-refractivity contribution in [1.82, 2.24) is 4.47 Å². The molecule has 0 aromatic rings. The Bertz CT molecular complexity index is 520. The highest BCUT2D eigenvalue weighted by Crippen LogP contribution is 2.03. The number of hydrogen-bond acceptors (Lipinski definition) is 7. The number of carbonyl (C=O) groups excluding carboxylic acids is 1. The van der Waals surface area contributed by atoms with Crippen molar-refractivity contribution in [3.05, 3.63) is 12.2 Å². The van der Waals surface area contributed by atoms with E-state index in [1.54, 1.807) is 0 Å². The first kappa shape index (κ1) is 17.0. The summed E-state index contributed by atoms with van der Waals surface area (Å²) in [4.78, 5) is 11.0. The van der Waals surface area contributed by atoms with Crippen LogP contribution in [0.1, 0.15) is 6.92 Å². The SMILES string of the molecule is C=C(C)C(=O)OCCS(=O)(=O)N(C)OS(C)(=O)=O. The quantitative estimate of drug-likeness (QED) is 0.346. The van der Waals surface area contributed by atoms with E-state index < -0.39 is 38.5 Å². The third-order valence-corrected chi connectivity index (χ3v) is 3.68. The molecule has 0 radical (unpaired) electrons. The van der Waals surface area contributed by atoms with E-state index in [0.29, 0.717) is 6.26 Å². The molecule has 106 valence electrons. The van der Waals surface area contributed by atoms with Crippen molar-refractivity contribution in [3.8, 4) is 0 Å². The van der Waals surface area contributed by atoms with E-state index in [2.05, 4.69) is 15.6 Å². The van der Waals surface area contributed by atoms with Gasteiger partial charge in [0.05, 0.1) is 6.26 Å². The molecule has 0 saturated carbocycles. The van der Waals surface area contributed by atoms with Crippen LogP contribution in [0, 0.1) is 0 Å². The summed E-state index contributed by atoms with van der Waals surface area (Å²) in [5, 5.41) is 0. The monoisotopic (exact) mass is 301 g/mol. The first-order valence-corrected chi connectivity index (χ1v) is 8.07. The summed E-state index contributed by atoms with van der Waals surface area (Å²) in [5.74, 6) is -1.32. The third-order valence-electron chi connectivity index (χ3n) is 1.55. The van der Waals surface area contributed by atoms with Gasteiger partial charge < -0.3 is 4.74 Å². The van der Waals surface area contributed by atoms with Gasteiger partial charge in [0.1, 0.15) is 12.4 Å². The zero-order valence-electron chi connectivity index (χ0n) is 10.2. The third kappa shape index (κ3) is 6.69. The molecule has 0 aromatic carbocycles. The van der Waals surface area contributed by atoms with Gasteiger partial charge in [-0.3, -0.25) is 0 Å². The van der Waals surface area contributed by atoms with E-state index in [4.69, 9.17) is 0 Å². The Hall–Kier alpha value is -0.970. The number of nitrogens with zero attached hydrogens (tertiary/aromatic N) is 1. The van der Waals surface area contributed by atoms with Crippen LogP contribution in [0.2, 0.25) is 0 Å². The number of esters is 1. The molecule has 0 fully saturated rings. The van der Waals surface area contributed by atoms with Crippen molar-refractivity contribution in [3.63, 3.8) is 0 Å². The van der Waals surface area contributed by atoms with Gasteiger partial charge in [0, 0.05) is 12.6 Å². The van der Waals surface area contributed by atoms with Crippen LogP contribution in [-0.2, 0) is 34.0 Å². The van der Waals surface area contributed by atoms with Gasteiger partial charge in [0.15, 0.2) is 0 Å². The minimum atomic E-state index is -3.99. The van der Waals surface area contributed by atoms with E-state index in [0.717, 1.165) is 7.05 Å². The zero-order chi connectivity index (χ0) is 14.6. The second-order valence-corrected chi connectivity index (χ2v) is 7.06. The van der Waals surface area contributed by atoms with Crippen molar-refractivity contribution in [1.29, 1.82) is 0 Å². The van der Waals surface area contributed by atoms with Gasteiger partial charge in [0.2, 0.25) is 10.0 Å². The maximum absolute atomic E-state index is 11.5. The second kappa shape index (κ2) is 6.27. The molecule has 0 amide bonds. The highest BCUT2D eigenvalue weighted by Gasteiger charge is 2.23. The average Bonchev–Trinajstić information content (AvgIpc) is 2.14. The predicted molar refractivity (Wildman–Crippen MR) is 63.3 cm³/mol. The van der Waals surface area contributed by atoms with Crippen LogP contribution in [0.3, 0.4) is 0 Å². The van der Waals surface area contributed by atoms with E-state index in [-0.39, 0.29) is 10.0 Å². The lowest BCUT2D eigenvalue weighted by molar-refractivity contribution is -0.138. The maximum Gasteiger partial charge on any atom is 0.333 e. The Labute approximate surface area is 106 Å². The smallest absolute Gasteiger partial charge is 0.333 e. The predicted octanol–water partition coefficient (Wildman–Crippen LogP) is -0.741. The summed E-state index contributed by atoms with van der Waals surface area (Å²) in [6, 6.07) is 0. The maximum atomic E-state index is 11.5. The molecule has 0 aromatic heterocycles. The largest absolute Gasteiger partial charge is 0.461 e. The van der Waals surface area contributed by atoms with E-state index in [1.807, 2.05) is 0 Å². The highest BCUT2D eigenvalue weighted by atomic mass is 32.2. The molecule has 0 aliphatic carbocycles. The summed E-state index contributed by atoms with van der Waals surface area (Å²) >= 11 is 0. The van der Waals surface area contributed by atoms with Crippen molar-refractivity contribution in [2.24, 2.45) is 0 Å². The van der Waals surface area contributed by atoms with Crippen LogP contribution in [0.15, 0.2) is 12.2 Å². The molecule has 0 saturated heterocycles. The minimum absolute atomic E-state index is 0.133. The normalized spacial score (nSPS) is 12.4. The fourth-order valence-electron chi connectivity index (χ4n) is 0.728. The number of carbonyl (C=O) groups is 1. The van der Waals surface area contributed by atoms with Crippen molar-refractivity contribution in [2.75, 3.05) is 25.7 Å². The van der Waals surface area contributed by atoms with Crippen molar-refractivity contribution >= 4 is 26.1 Å². The van der Waals surface area contributed by atoms with E-state index in [1.165, 1.54) is 6.92 Å². The number of sulfonamides is 1. The minimum Gasteiger partial charge on any atom is -0.461 e. The summed E-state index contributed by atoms with van der Waals surface area (Å²) in [6.07, 6.45) is 0.708. The first-order chi connectivity index (χ1) is 7.96. The summed E-state index contributed by atoms with van der Waals surface area (Å²) in [5.41, 5.74) is 0.133. The molecule has 0 atom stereocenters. The molecule has 0 bridgehead atoms. The molecule has 0 aliphatic heterocycles. The molecular weight excluding hydrogens is 286 g/mol. The number of hydrogen-bond donors (Lipinski definition) is 0. The zero-order valence-corrected chi connectivity index (χ0v) is 11.9. The molecule has 8 nitrogen and oxygen atoms in total. The molecule has 0 heterocycles. The molecule has 0 aliphatic rings. The number of ether oxygens (including phenoxy) is 1. The fraction of sp³-hybridized carbons (Fsp3) is 0.625.